The molecule has 0 spiro atoms. The molecule has 0 fully saturated rings. The van der Waals surface area contributed by atoms with E-state index in [9.17, 15) is 4.79 Å². The molecule has 0 saturated carbocycles. The number of hydrogen-bond acceptors (Lipinski definition) is 2. The van der Waals surface area contributed by atoms with Gasteiger partial charge >= 0.3 is 5.97 Å². The highest BCUT2D eigenvalue weighted by molar-refractivity contribution is 5.86. The molecule has 3 heteroatoms. The standard InChI is InChI=1S/C8H14O3/c1-2-7(8(10)11)5-3-4-6-9/h5,9H,2-4,6H2,1H3,(H,10,11)/b7-5-. The van der Waals surface area contributed by atoms with Crippen LogP contribution in [0.3, 0.4) is 0 Å². The molecule has 0 saturated heterocycles. The highest BCUT2D eigenvalue weighted by Crippen LogP contribution is 2.03. The first kappa shape index (κ1) is 10.2. The van der Waals surface area contributed by atoms with Crippen LogP contribution < -0.4 is 0 Å². The third kappa shape index (κ3) is 4.56. The minimum atomic E-state index is -0.856. The van der Waals surface area contributed by atoms with Crippen LogP contribution >= 0.6 is 0 Å². The van der Waals surface area contributed by atoms with Gasteiger partial charge in [0, 0.05) is 12.2 Å². The molecule has 0 bridgehead atoms. The van der Waals surface area contributed by atoms with Crippen molar-refractivity contribution in [1.29, 1.82) is 0 Å². The monoisotopic (exact) mass is 158 g/mol. The van der Waals surface area contributed by atoms with Crippen LogP contribution in [0.25, 0.3) is 0 Å². The van der Waals surface area contributed by atoms with Crippen LogP contribution in [0.1, 0.15) is 26.2 Å². The number of hydrogen-bond donors (Lipinski definition) is 2. The summed E-state index contributed by atoms with van der Waals surface area (Å²) in [5.41, 5.74) is 0.429. The van der Waals surface area contributed by atoms with E-state index in [4.69, 9.17) is 10.2 Å². The second kappa shape index (κ2) is 5.92. The maximum atomic E-state index is 10.4. The van der Waals surface area contributed by atoms with Gasteiger partial charge < -0.3 is 10.2 Å². The predicted molar refractivity (Wildman–Crippen MR) is 42.3 cm³/mol. The molecule has 0 unspecified atom stereocenters. The molecule has 11 heavy (non-hydrogen) atoms. The molecule has 0 aromatic heterocycles. The van der Waals surface area contributed by atoms with E-state index in [1.54, 1.807) is 13.0 Å². The fourth-order valence-corrected chi connectivity index (χ4v) is 0.750. The van der Waals surface area contributed by atoms with Gasteiger partial charge in [-0.05, 0) is 19.3 Å². The molecule has 0 aromatic carbocycles. The fraction of sp³-hybridized carbons (Fsp3) is 0.625. The lowest BCUT2D eigenvalue weighted by atomic mass is 10.1. The molecule has 3 nitrogen and oxygen atoms in total. The largest absolute Gasteiger partial charge is 0.478 e. The van der Waals surface area contributed by atoms with Gasteiger partial charge in [-0.2, -0.15) is 0 Å². The Hall–Kier alpha value is -0.830. The van der Waals surface area contributed by atoms with Crippen molar-refractivity contribution in [3.63, 3.8) is 0 Å². The van der Waals surface area contributed by atoms with Gasteiger partial charge in [0.15, 0.2) is 0 Å². The number of rotatable bonds is 5. The Morgan fingerprint density at radius 3 is 2.55 bits per heavy atom. The molecule has 0 rings (SSSR count). The van der Waals surface area contributed by atoms with Gasteiger partial charge in [-0.3, -0.25) is 0 Å². The zero-order valence-electron chi connectivity index (χ0n) is 6.71. The summed E-state index contributed by atoms with van der Waals surface area (Å²) in [6, 6.07) is 0. The summed E-state index contributed by atoms with van der Waals surface area (Å²) in [5.74, 6) is -0.856. The number of aliphatic carboxylic acids is 1. The van der Waals surface area contributed by atoms with E-state index >= 15 is 0 Å². The van der Waals surface area contributed by atoms with E-state index in [-0.39, 0.29) is 6.61 Å². The number of allylic oxidation sites excluding steroid dienone is 1. The van der Waals surface area contributed by atoms with Gasteiger partial charge in [0.05, 0.1) is 0 Å². The molecule has 0 aromatic rings. The zero-order valence-corrected chi connectivity index (χ0v) is 6.71. The van der Waals surface area contributed by atoms with E-state index in [1.165, 1.54) is 0 Å². The summed E-state index contributed by atoms with van der Waals surface area (Å²) in [4.78, 5) is 10.4. The van der Waals surface area contributed by atoms with Crippen molar-refractivity contribution < 1.29 is 15.0 Å². The molecule has 2 N–H and O–H groups in total. The SMILES string of the molecule is CC/C(=C/CCCO)C(=O)O. The van der Waals surface area contributed by atoms with Crippen LogP contribution in [0.15, 0.2) is 11.6 Å². The van der Waals surface area contributed by atoms with Crippen LogP contribution in [-0.4, -0.2) is 22.8 Å². The van der Waals surface area contributed by atoms with Crippen LogP contribution in [0.5, 0.6) is 0 Å². The van der Waals surface area contributed by atoms with Gasteiger partial charge in [0.2, 0.25) is 0 Å². The molecule has 64 valence electrons. The highest BCUT2D eigenvalue weighted by Gasteiger charge is 2.01. The van der Waals surface area contributed by atoms with Crippen molar-refractivity contribution in [2.75, 3.05) is 6.61 Å². The second-order valence-corrected chi connectivity index (χ2v) is 2.25. The maximum absolute atomic E-state index is 10.4. The molecule has 0 aliphatic rings. The first-order chi connectivity index (χ1) is 5.22. The zero-order chi connectivity index (χ0) is 8.69. The molecule has 0 radical (unpaired) electrons. The first-order valence-electron chi connectivity index (χ1n) is 3.75. The van der Waals surface area contributed by atoms with E-state index in [0.29, 0.717) is 24.8 Å². The smallest absolute Gasteiger partial charge is 0.331 e. The third-order valence-corrected chi connectivity index (χ3v) is 1.41. The Kier molecular flexibility index (Phi) is 5.47. The third-order valence-electron chi connectivity index (χ3n) is 1.41. The predicted octanol–water partition coefficient (Wildman–Crippen LogP) is 1.18. The average Bonchev–Trinajstić information content (AvgIpc) is 1.97. The van der Waals surface area contributed by atoms with Crippen LogP contribution in [-0.2, 0) is 4.79 Å². The molecule has 0 amide bonds. The van der Waals surface area contributed by atoms with Gasteiger partial charge in [-0.25, -0.2) is 4.79 Å². The molecule has 0 aliphatic heterocycles. The number of unbranched alkanes of at least 4 members (excludes halogenated alkanes) is 1. The van der Waals surface area contributed by atoms with Crippen LogP contribution in [0.2, 0.25) is 0 Å². The van der Waals surface area contributed by atoms with E-state index in [0.717, 1.165) is 0 Å². The Balaban J connectivity index is 3.81. The Morgan fingerprint density at radius 1 is 1.55 bits per heavy atom. The van der Waals surface area contributed by atoms with Gasteiger partial charge in [0.25, 0.3) is 0 Å². The average molecular weight is 158 g/mol. The van der Waals surface area contributed by atoms with Crippen LogP contribution in [0.4, 0.5) is 0 Å². The number of carboxylic acids is 1. The number of carboxylic acid groups (broad SMARTS) is 1. The van der Waals surface area contributed by atoms with Crippen molar-refractivity contribution >= 4 is 5.97 Å². The number of carbonyl (C=O) groups is 1. The van der Waals surface area contributed by atoms with Crippen molar-refractivity contribution in [1.82, 2.24) is 0 Å². The summed E-state index contributed by atoms with van der Waals surface area (Å²) >= 11 is 0. The van der Waals surface area contributed by atoms with Crippen molar-refractivity contribution in [2.45, 2.75) is 26.2 Å². The highest BCUT2D eigenvalue weighted by atomic mass is 16.4. The minimum Gasteiger partial charge on any atom is -0.478 e. The quantitative estimate of drug-likeness (QED) is 0.466. The molecular formula is C8H14O3. The maximum Gasteiger partial charge on any atom is 0.331 e. The first-order valence-corrected chi connectivity index (χ1v) is 3.75. The van der Waals surface area contributed by atoms with E-state index in [1.807, 2.05) is 0 Å². The Bertz CT molecular complexity index is 149. The van der Waals surface area contributed by atoms with Crippen molar-refractivity contribution in [3.05, 3.63) is 11.6 Å². The lowest BCUT2D eigenvalue weighted by molar-refractivity contribution is -0.132. The Morgan fingerprint density at radius 2 is 2.18 bits per heavy atom. The molecular weight excluding hydrogens is 144 g/mol. The van der Waals surface area contributed by atoms with Gasteiger partial charge in [0.1, 0.15) is 0 Å². The molecule has 0 aliphatic carbocycles. The van der Waals surface area contributed by atoms with Crippen molar-refractivity contribution in [2.24, 2.45) is 0 Å². The lowest BCUT2D eigenvalue weighted by Gasteiger charge is -1.96. The van der Waals surface area contributed by atoms with E-state index in [2.05, 4.69) is 0 Å². The molecule has 0 heterocycles. The van der Waals surface area contributed by atoms with Crippen molar-refractivity contribution in [3.8, 4) is 0 Å². The Labute approximate surface area is 66.4 Å². The van der Waals surface area contributed by atoms with Crippen LogP contribution in [0, 0.1) is 0 Å². The summed E-state index contributed by atoms with van der Waals surface area (Å²) in [5, 5.41) is 17.0. The summed E-state index contributed by atoms with van der Waals surface area (Å²) in [7, 11) is 0. The minimum absolute atomic E-state index is 0.118. The topological polar surface area (TPSA) is 57.5 Å². The van der Waals surface area contributed by atoms with E-state index < -0.39 is 5.97 Å². The number of aliphatic hydroxyl groups is 1. The summed E-state index contributed by atoms with van der Waals surface area (Å²) in [6.07, 6.45) is 3.49. The summed E-state index contributed by atoms with van der Waals surface area (Å²) in [6.45, 7) is 1.92. The van der Waals surface area contributed by atoms with Gasteiger partial charge in [-0.1, -0.05) is 13.0 Å². The summed E-state index contributed by atoms with van der Waals surface area (Å²) < 4.78 is 0. The number of aliphatic hydroxyl groups excluding tert-OH is 1. The fourth-order valence-electron chi connectivity index (χ4n) is 0.750. The second-order valence-electron chi connectivity index (χ2n) is 2.25. The van der Waals surface area contributed by atoms with Gasteiger partial charge in [-0.15, -0.1) is 0 Å². The molecule has 0 atom stereocenters. The lowest BCUT2D eigenvalue weighted by Crippen LogP contribution is -1.98. The normalized spacial score (nSPS) is 11.6.